The molecule has 1 aromatic heterocycles. The molecular formula is C26H25N3O6. The zero-order chi connectivity index (χ0) is 24.8. The van der Waals surface area contributed by atoms with Gasteiger partial charge in [-0.05, 0) is 34.4 Å². The molecule has 4 N–H and O–H groups in total. The third-order valence-electron chi connectivity index (χ3n) is 5.86. The highest BCUT2D eigenvalue weighted by Crippen LogP contribution is 2.44. The fourth-order valence-electron chi connectivity index (χ4n) is 4.16. The number of nitrogens with zero attached hydrogens (tertiary/aromatic N) is 1. The molecule has 180 valence electrons. The Balaban J connectivity index is 1.34. The number of ether oxygens (including phenoxy) is 1. The molecule has 0 radical (unpaired) electrons. The van der Waals surface area contributed by atoms with E-state index in [0.717, 1.165) is 22.3 Å². The minimum atomic E-state index is -1.24. The lowest BCUT2D eigenvalue weighted by Gasteiger charge is -2.15. The molecule has 1 aliphatic rings. The first kappa shape index (κ1) is 23.9. The second-order valence-electron chi connectivity index (χ2n) is 8.09. The largest absolute Gasteiger partial charge is 0.480 e. The molecule has 1 atom stereocenters. The Morgan fingerprint density at radius 2 is 1.66 bits per heavy atom. The highest BCUT2D eigenvalue weighted by Gasteiger charge is 2.29. The summed E-state index contributed by atoms with van der Waals surface area (Å²) in [6.45, 7) is -0.170. The SMILES string of the molecule is O=C(NCc1cc(C(=O)NC(CCO)C(=O)O)ccn1)OCC1c2ccccc2-c2ccccc21. The van der Waals surface area contributed by atoms with E-state index < -0.39 is 24.0 Å². The molecule has 1 heterocycles. The molecule has 0 saturated carbocycles. The summed E-state index contributed by atoms with van der Waals surface area (Å²) in [6.07, 6.45) is 0.672. The lowest BCUT2D eigenvalue weighted by molar-refractivity contribution is -0.139. The van der Waals surface area contributed by atoms with Crippen LogP contribution in [0.15, 0.2) is 66.9 Å². The van der Waals surface area contributed by atoms with E-state index in [1.54, 1.807) is 0 Å². The molecule has 0 saturated heterocycles. The second-order valence-corrected chi connectivity index (χ2v) is 8.09. The van der Waals surface area contributed by atoms with Gasteiger partial charge in [0.1, 0.15) is 12.6 Å². The van der Waals surface area contributed by atoms with Crippen LogP contribution in [0.2, 0.25) is 0 Å². The van der Waals surface area contributed by atoms with Crippen LogP contribution in [0.1, 0.15) is 39.5 Å². The van der Waals surface area contributed by atoms with Gasteiger partial charge in [-0.3, -0.25) is 9.78 Å². The number of hydrogen-bond donors (Lipinski definition) is 4. The number of fused-ring (bicyclic) bond motifs is 3. The second kappa shape index (κ2) is 10.8. The Kier molecular flexibility index (Phi) is 7.37. The highest BCUT2D eigenvalue weighted by atomic mass is 16.5. The third-order valence-corrected chi connectivity index (χ3v) is 5.86. The smallest absolute Gasteiger partial charge is 0.407 e. The molecule has 2 amide bonds. The van der Waals surface area contributed by atoms with Gasteiger partial charge in [-0.25, -0.2) is 9.59 Å². The van der Waals surface area contributed by atoms with Crippen molar-refractivity contribution in [3.8, 4) is 11.1 Å². The number of alkyl carbamates (subject to hydrolysis) is 1. The molecule has 0 aliphatic heterocycles. The van der Waals surface area contributed by atoms with Crippen molar-refractivity contribution in [2.75, 3.05) is 13.2 Å². The van der Waals surface area contributed by atoms with E-state index in [9.17, 15) is 14.4 Å². The van der Waals surface area contributed by atoms with Crippen LogP contribution in [0.3, 0.4) is 0 Å². The molecule has 2 aromatic carbocycles. The number of aliphatic hydroxyl groups excluding tert-OH is 1. The van der Waals surface area contributed by atoms with Crippen molar-refractivity contribution in [2.45, 2.75) is 24.9 Å². The summed E-state index contributed by atoms with van der Waals surface area (Å²) in [7, 11) is 0. The van der Waals surface area contributed by atoms with Crippen molar-refractivity contribution in [3.63, 3.8) is 0 Å². The average Bonchev–Trinajstić information content (AvgIpc) is 3.19. The topological polar surface area (TPSA) is 138 Å². The summed E-state index contributed by atoms with van der Waals surface area (Å²) in [5.41, 5.74) is 5.10. The maximum absolute atomic E-state index is 12.4. The number of carbonyl (C=O) groups excluding carboxylic acids is 2. The van der Waals surface area contributed by atoms with E-state index in [1.165, 1.54) is 18.3 Å². The Bertz CT molecular complexity index is 1200. The van der Waals surface area contributed by atoms with Crippen molar-refractivity contribution in [1.29, 1.82) is 0 Å². The van der Waals surface area contributed by atoms with Gasteiger partial charge in [-0.15, -0.1) is 0 Å². The number of hydrogen-bond acceptors (Lipinski definition) is 6. The summed E-state index contributed by atoms with van der Waals surface area (Å²) in [5.74, 6) is -1.91. The van der Waals surface area contributed by atoms with E-state index in [1.807, 2.05) is 36.4 Å². The van der Waals surface area contributed by atoms with E-state index in [-0.39, 0.29) is 37.7 Å². The van der Waals surface area contributed by atoms with Crippen LogP contribution < -0.4 is 10.6 Å². The first-order valence-corrected chi connectivity index (χ1v) is 11.2. The van der Waals surface area contributed by atoms with Crippen molar-refractivity contribution in [2.24, 2.45) is 0 Å². The number of aromatic nitrogens is 1. The maximum atomic E-state index is 12.4. The minimum absolute atomic E-state index is 0.0246. The van der Waals surface area contributed by atoms with Crippen molar-refractivity contribution >= 4 is 18.0 Å². The zero-order valence-corrected chi connectivity index (χ0v) is 18.8. The lowest BCUT2D eigenvalue weighted by Crippen LogP contribution is -2.41. The van der Waals surface area contributed by atoms with Crippen LogP contribution in [0.4, 0.5) is 4.79 Å². The van der Waals surface area contributed by atoms with Crippen LogP contribution >= 0.6 is 0 Å². The summed E-state index contributed by atoms with van der Waals surface area (Å²) >= 11 is 0. The fourth-order valence-corrected chi connectivity index (χ4v) is 4.16. The number of benzene rings is 2. The molecule has 0 fully saturated rings. The summed E-state index contributed by atoms with van der Waals surface area (Å²) in [4.78, 5) is 40.1. The summed E-state index contributed by atoms with van der Waals surface area (Å²) in [6, 6.07) is 17.8. The highest BCUT2D eigenvalue weighted by molar-refractivity contribution is 5.96. The minimum Gasteiger partial charge on any atom is -0.480 e. The molecule has 3 aromatic rings. The van der Waals surface area contributed by atoms with Gasteiger partial charge in [-0.2, -0.15) is 0 Å². The standard InChI is InChI=1S/C26H25N3O6/c30-12-10-23(25(32)33)29-24(31)16-9-11-27-17(13-16)14-28-26(34)35-15-22-20-7-3-1-5-18(20)19-6-2-4-8-21(19)22/h1-9,11,13,22-23,30H,10,12,14-15H2,(H,28,34)(H,29,31)(H,32,33). The van der Waals surface area contributed by atoms with Crippen molar-refractivity contribution in [3.05, 3.63) is 89.2 Å². The molecular weight excluding hydrogens is 450 g/mol. The van der Waals surface area contributed by atoms with Crippen molar-refractivity contribution < 1.29 is 29.3 Å². The summed E-state index contributed by atoms with van der Waals surface area (Å²) in [5, 5.41) is 23.1. The number of nitrogens with one attached hydrogen (secondary N) is 2. The number of aliphatic carboxylic acids is 1. The lowest BCUT2D eigenvalue weighted by atomic mass is 9.98. The van der Waals surface area contributed by atoms with E-state index in [2.05, 4.69) is 27.8 Å². The van der Waals surface area contributed by atoms with Crippen molar-refractivity contribution in [1.82, 2.24) is 15.6 Å². The predicted molar refractivity (Wildman–Crippen MR) is 127 cm³/mol. The Morgan fingerprint density at radius 3 is 2.29 bits per heavy atom. The zero-order valence-electron chi connectivity index (χ0n) is 18.8. The quantitative estimate of drug-likeness (QED) is 0.373. The number of carboxylic acids is 1. The molecule has 1 aliphatic carbocycles. The summed E-state index contributed by atoms with van der Waals surface area (Å²) < 4.78 is 5.50. The molecule has 1 unspecified atom stereocenters. The van der Waals surface area contributed by atoms with E-state index in [4.69, 9.17) is 14.9 Å². The fraction of sp³-hybridized carbons (Fsp3) is 0.231. The Hall–Kier alpha value is -4.24. The van der Waals surface area contributed by atoms with Crippen LogP contribution in [-0.2, 0) is 16.1 Å². The molecule has 9 heteroatoms. The number of pyridine rings is 1. The van der Waals surface area contributed by atoms with Crippen LogP contribution in [0.25, 0.3) is 11.1 Å². The molecule has 35 heavy (non-hydrogen) atoms. The van der Waals surface area contributed by atoms with E-state index in [0.29, 0.717) is 5.69 Å². The van der Waals surface area contributed by atoms with Crippen LogP contribution in [0.5, 0.6) is 0 Å². The van der Waals surface area contributed by atoms with Gasteiger partial charge in [0.15, 0.2) is 0 Å². The first-order valence-electron chi connectivity index (χ1n) is 11.2. The normalized spacial score (nSPS) is 12.8. The number of aliphatic hydroxyl groups is 1. The number of amides is 2. The van der Waals surface area contributed by atoms with Gasteiger partial charge in [0.05, 0.1) is 12.2 Å². The van der Waals surface area contributed by atoms with Gasteiger partial charge in [0, 0.05) is 30.7 Å². The number of carboxylic acid groups (broad SMARTS) is 1. The van der Waals surface area contributed by atoms with Gasteiger partial charge in [0.2, 0.25) is 0 Å². The van der Waals surface area contributed by atoms with Crippen LogP contribution in [0, 0.1) is 0 Å². The van der Waals surface area contributed by atoms with Gasteiger partial charge in [0.25, 0.3) is 5.91 Å². The van der Waals surface area contributed by atoms with Crippen LogP contribution in [-0.4, -0.2) is 52.4 Å². The molecule has 0 spiro atoms. The third kappa shape index (κ3) is 5.47. The predicted octanol–water partition coefficient (Wildman–Crippen LogP) is 2.69. The average molecular weight is 476 g/mol. The monoisotopic (exact) mass is 475 g/mol. The first-order chi connectivity index (χ1) is 17.0. The maximum Gasteiger partial charge on any atom is 0.407 e. The molecule has 9 nitrogen and oxygen atoms in total. The Morgan fingerprint density at radius 1 is 1.00 bits per heavy atom. The van der Waals surface area contributed by atoms with Gasteiger partial charge >= 0.3 is 12.1 Å². The number of rotatable bonds is 9. The Labute approximate surface area is 201 Å². The van der Waals surface area contributed by atoms with Gasteiger partial charge < -0.3 is 25.6 Å². The molecule has 0 bridgehead atoms. The van der Waals surface area contributed by atoms with Gasteiger partial charge in [-0.1, -0.05) is 48.5 Å². The number of carbonyl (C=O) groups is 3. The molecule has 4 rings (SSSR count). The van der Waals surface area contributed by atoms with E-state index >= 15 is 0 Å².